The topological polar surface area (TPSA) is 67.2 Å². The molecule has 0 aromatic carbocycles. The maximum absolute atomic E-state index is 11.6. The van der Waals surface area contributed by atoms with Crippen molar-refractivity contribution < 1.29 is 8.42 Å². The van der Waals surface area contributed by atoms with Crippen LogP contribution in [0.5, 0.6) is 0 Å². The molecule has 1 saturated carbocycles. The van der Waals surface area contributed by atoms with Crippen LogP contribution in [0.2, 0.25) is 0 Å². The van der Waals surface area contributed by atoms with E-state index in [-0.39, 0.29) is 11.8 Å². The highest BCUT2D eigenvalue weighted by atomic mass is 32.2. The minimum absolute atomic E-state index is 0.161. The fourth-order valence-corrected chi connectivity index (χ4v) is 4.76. The van der Waals surface area contributed by atoms with E-state index < -0.39 is 10.0 Å². The van der Waals surface area contributed by atoms with Gasteiger partial charge in [0.2, 0.25) is 10.0 Å². The van der Waals surface area contributed by atoms with Crippen LogP contribution in [0.4, 0.5) is 0 Å². The van der Waals surface area contributed by atoms with Gasteiger partial charge in [-0.25, -0.2) is 13.1 Å². The van der Waals surface area contributed by atoms with Gasteiger partial charge in [-0.05, 0) is 58.0 Å². The van der Waals surface area contributed by atoms with Gasteiger partial charge in [-0.1, -0.05) is 0 Å². The summed E-state index contributed by atoms with van der Waals surface area (Å²) in [6, 6.07) is 0.161. The molecular formula is C16H28N4O2S. The third-order valence-corrected chi connectivity index (χ3v) is 6.87. The Labute approximate surface area is 139 Å². The van der Waals surface area contributed by atoms with Gasteiger partial charge in [0.1, 0.15) is 0 Å². The summed E-state index contributed by atoms with van der Waals surface area (Å²) in [5.41, 5.74) is 1.66. The molecule has 3 rings (SSSR count). The van der Waals surface area contributed by atoms with Gasteiger partial charge in [-0.15, -0.1) is 0 Å². The molecule has 2 fully saturated rings. The Balaban J connectivity index is 1.44. The van der Waals surface area contributed by atoms with Gasteiger partial charge in [-0.2, -0.15) is 5.10 Å². The number of likely N-dealkylation sites (tertiary alicyclic amines) is 1. The monoisotopic (exact) mass is 340 g/mol. The van der Waals surface area contributed by atoms with Gasteiger partial charge in [0.05, 0.1) is 11.9 Å². The average Bonchev–Trinajstić information content (AvgIpc) is 2.95. The number of aryl methyl sites for hydroxylation is 1. The summed E-state index contributed by atoms with van der Waals surface area (Å²) in [5.74, 6) is 0.176. The first-order valence-electron chi connectivity index (χ1n) is 8.67. The lowest BCUT2D eigenvalue weighted by atomic mass is 9.60. The van der Waals surface area contributed by atoms with E-state index in [0.717, 1.165) is 39.0 Å². The van der Waals surface area contributed by atoms with Crippen molar-refractivity contribution >= 4 is 10.0 Å². The summed E-state index contributed by atoms with van der Waals surface area (Å²) in [6.45, 7) is 7.88. The number of nitrogens with one attached hydrogen (secondary N) is 1. The number of nitrogens with zero attached hydrogens (tertiary/aromatic N) is 3. The van der Waals surface area contributed by atoms with Crippen molar-refractivity contribution in [2.24, 2.45) is 5.41 Å². The number of piperidine rings is 1. The van der Waals surface area contributed by atoms with E-state index in [2.05, 4.69) is 27.8 Å². The maximum Gasteiger partial charge on any atom is 0.211 e. The summed E-state index contributed by atoms with van der Waals surface area (Å²) in [4.78, 5) is 2.49. The van der Waals surface area contributed by atoms with Crippen LogP contribution >= 0.6 is 0 Å². The molecule has 0 atom stereocenters. The molecule has 2 heterocycles. The first-order chi connectivity index (χ1) is 10.9. The largest absolute Gasteiger partial charge is 0.299 e. The van der Waals surface area contributed by atoms with Crippen LogP contribution < -0.4 is 4.72 Å². The molecule has 1 aliphatic heterocycles. The minimum atomic E-state index is -3.06. The zero-order chi connectivity index (χ0) is 16.5. The highest BCUT2D eigenvalue weighted by Crippen LogP contribution is 2.49. The van der Waals surface area contributed by atoms with Gasteiger partial charge in [0.25, 0.3) is 0 Å². The molecule has 0 amide bonds. The Hall–Kier alpha value is -0.920. The van der Waals surface area contributed by atoms with Crippen molar-refractivity contribution in [1.29, 1.82) is 0 Å². The summed E-state index contributed by atoms with van der Waals surface area (Å²) < 4.78 is 28.0. The number of sulfonamides is 1. The molecule has 0 bridgehead atoms. The Morgan fingerprint density at radius 2 is 2.00 bits per heavy atom. The minimum Gasteiger partial charge on any atom is -0.299 e. The number of aromatic nitrogens is 2. The van der Waals surface area contributed by atoms with Gasteiger partial charge < -0.3 is 0 Å². The lowest BCUT2D eigenvalue weighted by molar-refractivity contribution is 0.0106. The van der Waals surface area contributed by atoms with Crippen LogP contribution in [0, 0.1) is 5.41 Å². The third-order valence-electron chi connectivity index (χ3n) is 5.42. The molecule has 1 aromatic heterocycles. The molecule has 6 nitrogen and oxygen atoms in total. The summed E-state index contributed by atoms with van der Waals surface area (Å²) in [6.07, 6.45) is 8.47. The van der Waals surface area contributed by atoms with Crippen molar-refractivity contribution in [3.63, 3.8) is 0 Å². The van der Waals surface area contributed by atoms with Crippen molar-refractivity contribution in [2.45, 2.75) is 58.7 Å². The lowest BCUT2D eigenvalue weighted by Gasteiger charge is -2.52. The number of hydrogen-bond acceptors (Lipinski definition) is 4. The molecule has 0 unspecified atom stereocenters. The standard InChI is InChI=1S/C16H28N4O2S/c1-3-20-13-14(11-17-20)12-19-7-5-16(6-8-19)9-15(10-16)18-23(21,22)4-2/h11,13,15,18H,3-10,12H2,1-2H3. The van der Waals surface area contributed by atoms with Crippen LogP contribution in [0.1, 0.15) is 45.1 Å². The van der Waals surface area contributed by atoms with E-state index in [1.54, 1.807) is 6.92 Å². The van der Waals surface area contributed by atoms with E-state index >= 15 is 0 Å². The van der Waals surface area contributed by atoms with Gasteiger partial charge in [0.15, 0.2) is 0 Å². The Kier molecular flexibility index (Phi) is 4.80. The average molecular weight is 340 g/mol. The second-order valence-electron chi connectivity index (χ2n) is 7.11. The van der Waals surface area contributed by atoms with Crippen LogP contribution in [0.25, 0.3) is 0 Å². The molecule has 23 heavy (non-hydrogen) atoms. The fourth-order valence-electron chi connectivity index (χ4n) is 3.92. The van der Waals surface area contributed by atoms with E-state index in [1.807, 2.05) is 10.9 Å². The van der Waals surface area contributed by atoms with Crippen molar-refractivity contribution in [3.8, 4) is 0 Å². The highest BCUT2D eigenvalue weighted by Gasteiger charge is 2.46. The SMILES string of the molecule is CCn1cc(CN2CCC3(CC2)CC(NS(=O)(=O)CC)C3)cn1. The van der Waals surface area contributed by atoms with E-state index in [0.29, 0.717) is 5.41 Å². The molecule has 1 aromatic rings. The second-order valence-corrected chi connectivity index (χ2v) is 9.15. The Morgan fingerprint density at radius 3 is 2.57 bits per heavy atom. The molecule has 1 aliphatic carbocycles. The first-order valence-corrected chi connectivity index (χ1v) is 10.3. The predicted octanol–water partition coefficient (Wildman–Crippen LogP) is 1.59. The molecule has 1 spiro atoms. The molecule has 2 aliphatic rings. The zero-order valence-electron chi connectivity index (χ0n) is 14.2. The fraction of sp³-hybridized carbons (Fsp3) is 0.812. The quantitative estimate of drug-likeness (QED) is 0.854. The summed E-state index contributed by atoms with van der Waals surface area (Å²) >= 11 is 0. The first kappa shape index (κ1) is 16.9. The number of rotatable bonds is 6. The molecule has 1 N–H and O–H groups in total. The molecule has 130 valence electrons. The zero-order valence-corrected chi connectivity index (χ0v) is 15.0. The van der Waals surface area contributed by atoms with Crippen LogP contribution in [0.15, 0.2) is 12.4 Å². The Bertz CT molecular complexity index is 624. The van der Waals surface area contributed by atoms with Gasteiger partial charge >= 0.3 is 0 Å². The van der Waals surface area contributed by atoms with Gasteiger partial charge in [0, 0.05) is 30.9 Å². The summed E-state index contributed by atoms with van der Waals surface area (Å²) in [5, 5.41) is 4.33. The molecule has 7 heteroatoms. The van der Waals surface area contributed by atoms with E-state index in [9.17, 15) is 8.42 Å². The smallest absolute Gasteiger partial charge is 0.211 e. The van der Waals surface area contributed by atoms with Crippen molar-refractivity contribution in [2.75, 3.05) is 18.8 Å². The maximum atomic E-state index is 11.6. The molecule has 1 saturated heterocycles. The van der Waals surface area contributed by atoms with Crippen molar-refractivity contribution in [3.05, 3.63) is 18.0 Å². The summed E-state index contributed by atoms with van der Waals surface area (Å²) in [7, 11) is -3.06. The van der Waals surface area contributed by atoms with Crippen LogP contribution in [-0.4, -0.2) is 48.0 Å². The molecule has 0 radical (unpaired) electrons. The van der Waals surface area contributed by atoms with Crippen molar-refractivity contribution in [1.82, 2.24) is 19.4 Å². The van der Waals surface area contributed by atoms with Gasteiger partial charge in [-0.3, -0.25) is 9.58 Å². The third kappa shape index (κ3) is 3.95. The predicted molar refractivity (Wildman–Crippen MR) is 90.5 cm³/mol. The van der Waals surface area contributed by atoms with Crippen LogP contribution in [0.3, 0.4) is 0 Å². The second kappa shape index (κ2) is 6.53. The Morgan fingerprint density at radius 1 is 1.30 bits per heavy atom. The van der Waals surface area contributed by atoms with E-state index in [4.69, 9.17) is 0 Å². The normalized spacial score (nSPS) is 22.3. The molecular weight excluding hydrogens is 312 g/mol. The highest BCUT2D eigenvalue weighted by molar-refractivity contribution is 7.89. The van der Waals surface area contributed by atoms with Crippen LogP contribution in [-0.2, 0) is 23.1 Å². The van der Waals surface area contributed by atoms with E-state index in [1.165, 1.54) is 18.4 Å². The lowest BCUT2D eigenvalue weighted by Crippen LogP contribution is -2.54. The number of hydrogen-bond donors (Lipinski definition) is 1.